The Morgan fingerprint density at radius 1 is 0.919 bits per heavy atom. The van der Waals surface area contributed by atoms with Gasteiger partial charge in [-0.15, -0.1) is 5.10 Å². The topological polar surface area (TPSA) is 258 Å². The molecule has 6 atom stereocenters. The molecule has 332 valence electrons. The summed E-state index contributed by atoms with van der Waals surface area (Å²) in [6.45, 7) is 2.65. The van der Waals surface area contributed by atoms with E-state index in [1.165, 1.54) is 12.1 Å². The number of aromatic hydroxyl groups is 1. The highest BCUT2D eigenvalue weighted by atomic mass is 16.5. The molecule has 62 heavy (non-hydrogen) atoms. The third-order valence-electron chi connectivity index (χ3n) is 10.5. The van der Waals surface area contributed by atoms with E-state index in [1.807, 2.05) is 6.07 Å². The summed E-state index contributed by atoms with van der Waals surface area (Å²) in [6, 6.07) is 16.7. The van der Waals surface area contributed by atoms with Gasteiger partial charge < -0.3 is 46.6 Å². The summed E-state index contributed by atoms with van der Waals surface area (Å²) < 4.78 is 7.49. The summed E-state index contributed by atoms with van der Waals surface area (Å²) in [5.41, 5.74) is 2.61. The van der Waals surface area contributed by atoms with Gasteiger partial charge in [0, 0.05) is 32.0 Å². The Hall–Kier alpha value is -6.37. The number of phenols is 1. The molecule has 0 fully saturated rings. The first-order chi connectivity index (χ1) is 29.9. The summed E-state index contributed by atoms with van der Waals surface area (Å²) in [7, 11) is 1.62. The van der Waals surface area contributed by atoms with E-state index in [1.54, 1.807) is 85.5 Å². The molecule has 9 N–H and O–H groups in total. The van der Waals surface area contributed by atoms with Gasteiger partial charge in [-0.25, -0.2) is 9.48 Å². The Bertz CT molecular complexity index is 2070. The van der Waals surface area contributed by atoms with Crippen LogP contribution in [0.4, 0.5) is 0 Å². The number of amides is 4. The second kappa shape index (κ2) is 23.6. The summed E-state index contributed by atoms with van der Waals surface area (Å²) in [4.78, 5) is 66.5. The predicted molar refractivity (Wildman–Crippen MR) is 228 cm³/mol. The number of hydrogen-bond donors (Lipinski definition) is 9. The van der Waals surface area contributed by atoms with Gasteiger partial charge in [0.1, 0.15) is 36.4 Å². The minimum atomic E-state index is -1.58. The van der Waals surface area contributed by atoms with Crippen molar-refractivity contribution in [3.05, 3.63) is 107 Å². The molecule has 6 unspecified atom stereocenters. The van der Waals surface area contributed by atoms with Gasteiger partial charge in [0.25, 0.3) is 0 Å². The van der Waals surface area contributed by atoms with Gasteiger partial charge in [-0.05, 0) is 87.0 Å². The SMILES string of the molecule is CNC(C)C(=O)NC1CCCCNC(=O)CCc2cn(nn2)CCOc2ccc(cc2)CC(C(=O)O)NC(=O)C(Cc2ccccc2)NC(O)C(Cc2ccc(O)cc2)NC1=O. The van der Waals surface area contributed by atoms with Crippen molar-refractivity contribution in [3.8, 4) is 11.5 Å². The molecule has 18 nitrogen and oxygen atoms in total. The molecule has 0 saturated carbocycles. The largest absolute Gasteiger partial charge is 0.508 e. The Balaban J connectivity index is 1.43. The average Bonchev–Trinajstić information content (AvgIpc) is 3.72. The Morgan fingerprint density at radius 2 is 1.65 bits per heavy atom. The smallest absolute Gasteiger partial charge is 0.326 e. The number of carboxylic acids is 1. The van der Waals surface area contributed by atoms with E-state index >= 15 is 0 Å². The van der Waals surface area contributed by atoms with Gasteiger partial charge in [-0.2, -0.15) is 0 Å². The van der Waals surface area contributed by atoms with Crippen LogP contribution in [0.5, 0.6) is 11.5 Å². The van der Waals surface area contributed by atoms with Crippen molar-refractivity contribution in [2.24, 2.45) is 0 Å². The number of aromatic nitrogens is 3. The van der Waals surface area contributed by atoms with Crippen molar-refractivity contribution < 1.29 is 44.0 Å². The molecule has 0 aliphatic carbocycles. The lowest BCUT2D eigenvalue weighted by Gasteiger charge is -2.31. The maximum absolute atomic E-state index is 14.1. The molecule has 1 aromatic heterocycles. The highest BCUT2D eigenvalue weighted by Gasteiger charge is 2.32. The van der Waals surface area contributed by atoms with Gasteiger partial charge in [0.2, 0.25) is 23.6 Å². The number of carbonyl (C=O) groups is 5. The fourth-order valence-corrected chi connectivity index (χ4v) is 6.79. The van der Waals surface area contributed by atoms with Crippen LogP contribution < -0.4 is 36.6 Å². The number of aliphatic carboxylic acids is 1. The number of nitrogens with zero attached hydrogens (tertiary/aromatic N) is 3. The molecule has 4 aromatic rings. The Labute approximate surface area is 360 Å². The lowest BCUT2D eigenvalue weighted by atomic mass is 10.00. The number of aliphatic hydroxyl groups is 1. The number of ether oxygens (including phenoxy) is 1. The van der Waals surface area contributed by atoms with Crippen molar-refractivity contribution >= 4 is 29.6 Å². The number of aryl methyl sites for hydroxylation is 1. The molecule has 0 spiro atoms. The van der Waals surface area contributed by atoms with Crippen molar-refractivity contribution in [1.29, 1.82) is 0 Å². The maximum Gasteiger partial charge on any atom is 0.326 e. The number of carboxylic acid groups (broad SMARTS) is 1. The molecule has 4 amide bonds. The van der Waals surface area contributed by atoms with Gasteiger partial charge in [-0.1, -0.05) is 59.8 Å². The van der Waals surface area contributed by atoms with Crippen molar-refractivity contribution in [2.75, 3.05) is 20.2 Å². The van der Waals surface area contributed by atoms with Crippen LogP contribution in [-0.4, -0.2) is 117 Å². The van der Waals surface area contributed by atoms with Crippen molar-refractivity contribution in [3.63, 3.8) is 0 Å². The van der Waals surface area contributed by atoms with E-state index in [0.29, 0.717) is 54.9 Å². The first-order valence-electron chi connectivity index (χ1n) is 20.8. The normalized spacial score (nSPS) is 22.0. The van der Waals surface area contributed by atoms with Crippen LogP contribution in [0.2, 0.25) is 0 Å². The highest BCUT2D eigenvalue weighted by molar-refractivity contribution is 5.90. The maximum atomic E-state index is 14.1. The molecular weight excluding hydrogens is 799 g/mol. The van der Waals surface area contributed by atoms with E-state index in [4.69, 9.17) is 4.74 Å². The zero-order valence-corrected chi connectivity index (χ0v) is 35.0. The van der Waals surface area contributed by atoms with Crippen molar-refractivity contribution in [2.45, 2.75) is 101 Å². The number of hydrogen-bond acceptors (Lipinski definition) is 12. The molecule has 3 heterocycles. The monoisotopic (exact) mass is 855 g/mol. The van der Waals surface area contributed by atoms with E-state index in [-0.39, 0.29) is 50.4 Å². The molecule has 0 radical (unpaired) electrons. The van der Waals surface area contributed by atoms with Crippen LogP contribution in [0, 0.1) is 0 Å². The number of fused-ring (bicyclic) bond motifs is 22. The number of nitrogens with one attached hydrogen (secondary N) is 6. The predicted octanol–water partition coefficient (Wildman–Crippen LogP) is 0.747. The van der Waals surface area contributed by atoms with E-state index in [2.05, 4.69) is 42.2 Å². The Morgan fingerprint density at radius 3 is 2.35 bits per heavy atom. The molecule has 2 aliphatic heterocycles. The third kappa shape index (κ3) is 15.0. The van der Waals surface area contributed by atoms with Crippen molar-refractivity contribution in [1.82, 2.24) is 46.9 Å². The standard InChI is InChI=1S/C44H57N9O9/c1-28(45-2)40(56)47-35-10-6-7-21-46-39(55)20-15-32-27-53(52-51-32)22-23-62-34-18-13-31(14-19-34)26-38(44(60)61)50-43(59)36(24-29-8-4-3-5-9-29)49-42(58)37(48-41(35)57)25-30-11-16-33(54)17-12-30/h3-5,8-9,11-14,16-19,27-28,35-38,42,45,49,54,58H,6-7,10,15,20-26H2,1-2H3,(H,46,55)(H,47,56)(H,48,57)(H,50,59)(H,60,61). The van der Waals surface area contributed by atoms with Crippen LogP contribution in [0.3, 0.4) is 0 Å². The van der Waals surface area contributed by atoms with Crippen LogP contribution in [0.15, 0.2) is 85.1 Å². The van der Waals surface area contributed by atoms with Gasteiger partial charge in [-0.3, -0.25) is 24.5 Å². The molecule has 0 saturated heterocycles. The number of phenolic OH excluding ortho intramolecular Hbond substituents is 1. The molecule has 3 aromatic carbocycles. The Kier molecular flexibility index (Phi) is 17.8. The fourth-order valence-electron chi connectivity index (χ4n) is 6.79. The minimum absolute atomic E-state index is 0.0149. The quantitative estimate of drug-likeness (QED) is 0.111. The van der Waals surface area contributed by atoms with Gasteiger partial charge in [0.15, 0.2) is 0 Å². The summed E-state index contributed by atoms with van der Waals surface area (Å²) >= 11 is 0. The molecular formula is C44H57N9O9. The number of carbonyl (C=O) groups excluding carboxylic acids is 4. The van der Waals surface area contributed by atoms with Gasteiger partial charge >= 0.3 is 5.97 Å². The lowest BCUT2D eigenvalue weighted by molar-refractivity contribution is -0.142. The number of benzene rings is 3. The summed E-state index contributed by atoms with van der Waals surface area (Å²) in [6.07, 6.45) is 1.92. The third-order valence-corrected chi connectivity index (χ3v) is 10.5. The molecule has 18 heteroatoms. The van der Waals surface area contributed by atoms with Gasteiger partial charge in [0.05, 0.1) is 30.4 Å². The highest BCUT2D eigenvalue weighted by Crippen LogP contribution is 2.16. The molecule has 6 rings (SSSR count). The number of likely N-dealkylation sites (N-methyl/N-ethyl adjacent to an activating group) is 1. The van der Waals surface area contributed by atoms with Crippen LogP contribution in [-0.2, 0) is 56.2 Å². The number of aliphatic hydroxyl groups excluding tert-OH is 1. The zero-order chi connectivity index (χ0) is 44.4. The average molecular weight is 856 g/mol. The van der Waals surface area contributed by atoms with Crippen LogP contribution in [0.1, 0.15) is 55.0 Å². The fraction of sp³-hybridized carbons (Fsp3) is 0.432. The van der Waals surface area contributed by atoms with E-state index < -0.39 is 60.1 Å². The number of rotatable bonds is 8. The van der Waals surface area contributed by atoms with Crippen LogP contribution in [0.25, 0.3) is 0 Å². The van der Waals surface area contributed by atoms with E-state index in [0.717, 1.165) is 5.56 Å². The summed E-state index contributed by atoms with van der Waals surface area (Å²) in [5.74, 6) is -2.61. The first kappa shape index (κ1) is 46.7. The summed E-state index contributed by atoms with van der Waals surface area (Å²) in [5, 5.41) is 57.4. The first-order valence-corrected chi connectivity index (χ1v) is 20.8. The second-order valence-electron chi connectivity index (χ2n) is 15.3. The second-order valence-corrected chi connectivity index (χ2v) is 15.3. The van der Waals surface area contributed by atoms with E-state index in [9.17, 15) is 39.3 Å². The van der Waals surface area contributed by atoms with Crippen LogP contribution >= 0.6 is 0 Å². The zero-order valence-electron chi connectivity index (χ0n) is 35.0. The molecule has 4 bridgehead atoms. The minimum Gasteiger partial charge on any atom is -0.508 e. The molecule has 2 aliphatic rings. The lowest BCUT2D eigenvalue weighted by Crippen LogP contribution is -2.61.